The van der Waals surface area contributed by atoms with Gasteiger partial charge >= 0.3 is 0 Å². The fourth-order valence-electron chi connectivity index (χ4n) is 2.21. The van der Waals surface area contributed by atoms with E-state index in [1.54, 1.807) is 0 Å². The van der Waals surface area contributed by atoms with Crippen LogP contribution >= 0.6 is 0 Å². The fourth-order valence-corrected chi connectivity index (χ4v) is 2.21. The number of carbonyl (C=O) groups excluding carboxylic acids is 1. The third-order valence-corrected chi connectivity index (χ3v) is 3.47. The van der Waals surface area contributed by atoms with Gasteiger partial charge in [-0.05, 0) is 19.3 Å². The van der Waals surface area contributed by atoms with Crippen LogP contribution in [0, 0.1) is 17.5 Å². The summed E-state index contributed by atoms with van der Waals surface area (Å²) in [6, 6.07) is 1.02. The lowest BCUT2D eigenvalue weighted by atomic mass is 9.75. The summed E-state index contributed by atoms with van der Waals surface area (Å²) >= 11 is 0. The van der Waals surface area contributed by atoms with Crippen LogP contribution in [-0.2, 0) is 4.74 Å². The van der Waals surface area contributed by atoms with E-state index < -0.39 is 34.4 Å². The Morgan fingerprint density at radius 1 is 1.28 bits per heavy atom. The predicted octanol–water partition coefficient (Wildman–Crippen LogP) is 3.25. The van der Waals surface area contributed by atoms with Crippen molar-refractivity contribution in [1.82, 2.24) is 0 Å². The van der Waals surface area contributed by atoms with Crippen molar-refractivity contribution in [1.29, 1.82) is 0 Å². The van der Waals surface area contributed by atoms with Crippen molar-refractivity contribution in [2.24, 2.45) is 0 Å². The smallest absolute Gasteiger partial charge is 0.171 e. The van der Waals surface area contributed by atoms with Crippen LogP contribution in [0.25, 0.3) is 0 Å². The first-order valence-electron chi connectivity index (χ1n) is 5.70. The molecule has 0 aromatic heterocycles. The number of ether oxygens (including phenoxy) is 1. The second kappa shape index (κ2) is 4.72. The summed E-state index contributed by atoms with van der Waals surface area (Å²) in [6.45, 7) is 0. The normalized spacial score (nSPS) is 17.3. The number of Topliss-reactive ketones (excluding diaryl/α,β-unsaturated/α-hetero) is 1. The van der Waals surface area contributed by atoms with Crippen LogP contribution in [0.15, 0.2) is 12.1 Å². The lowest BCUT2D eigenvalue weighted by Crippen LogP contribution is -2.41. The van der Waals surface area contributed by atoms with Gasteiger partial charge in [0.15, 0.2) is 5.78 Å². The van der Waals surface area contributed by atoms with Crippen LogP contribution in [0.5, 0.6) is 0 Å². The molecule has 1 aromatic rings. The molecule has 0 saturated heterocycles. The zero-order valence-electron chi connectivity index (χ0n) is 9.93. The van der Waals surface area contributed by atoms with Gasteiger partial charge in [-0.15, -0.1) is 0 Å². The van der Waals surface area contributed by atoms with Crippen molar-refractivity contribution in [2.75, 3.05) is 7.11 Å². The monoisotopic (exact) mass is 258 g/mol. The van der Waals surface area contributed by atoms with Gasteiger partial charge in [0, 0.05) is 25.7 Å². The first-order valence-corrected chi connectivity index (χ1v) is 5.70. The molecule has 0 N–H and O–H groups in total. The van der Waals surface area contributed by atoms with E-state index in [9.17, 15) is 18.0 Å². The fraction of sp³-hybridized carbons (Fsp3) is 0.462. The first kappa shape index (κ1) is 13.1. The highest BCUT2D eigenvalue weighted by Gasteiger charge is 2.40. The molecule has 0 radical (unpaired) electrons. The van der Waals surface area contributed by atoms with Crippen molar-refractivity contribution in [3.05, 3.63) is 35.1 Å². The van der Waals surface area contributed by atoms with E-state index in [2.05, 4.69) is 0 Å². The number of ketones is 1. The summed E-state index contributed by atoms with van der Waals surface area (Å²) in [7, 11) is 1.48. The van der Waals surface area contributed by atoms with Crippen LogP contribution < -0.4 is 0 Å². The average Bonchev–Trinajstić information content (AvgIpc) is 2.21. The quantitative estimate of drug-likeness (QED) is 0.775. The second-order valence-corrected chi connectivity index (χ2v) is 4.59. The first-order chi connectivity index (χ1) is 8.47. The van der Waals surface area contributed by atoms with Gasteiger partial charge in [0.2, 0.25) is 0 Å². The summed E-state index contributed by atoms with van der Waals surface area (Å²) in [5.74, 6) is -4.05. The second-order valence-electron chi connectivity index (χ2n) is 4.59. The predicted molar refractivity (Wildman–Crippen MR) is 58.9 cm³/mol. The summed E-state index contributed by atoms with van der Waals surface area (Å²) in [6.07, 6.45) is 2.23. The van der Waals surface area contributed by atoms with Gasteiger partial charge in [-0.3, -0.25) is 4.79 Å². The van der Waals surface area contributed by atoms with E-state index in [1.807, 2.05) is 0 Å². The van der Waals surface area contributed by atoms with Gasteiger partial charge in [-0.1, -0.05) is 0 Å². The van der Waals surface area contributed by atoms with Crippen molar-refractivity contribution in [2.45, 2.75) is 31.3 Å². The van der Waals surface area contributed by atoms with Crippen LogP contribution in [0.1, 0.15) is 36.0 Å². The Morgan fingerprint density at radius 3 is 2.22 bits per heavy atom. The van der Waals surface area contributed by atoms with Crippen molar-refractivity contribution < 1.29 is 22.7 Å². The summed E-state index contributed by atoms with van der Waals surface area (Å²) in [5.41, 5.74) is -1.29. The van der Waals surface area contributed by atoms with E-state index in [0.29, 0.717) is 25.0 Å². The van der Waals surface area contributed by atoms with Gasteiger partial charge in [-0.25, -0.2) is 13.2 Å². The molecule has 98 valence electrons. The van der Waals surface area contributed by atoms with Gasteiger partial charge in [0.1, 0.15) is 17.5 Å². The number of halogens is 3. The molecule has 18 heavy (non-hydrogen) atoms. The maximum atomic E-state index is 13.4. The minimum Gasteiger partial charge on any atom is -0.378 e. The van der Waals surface area contributed by atoms with Crippen molar-refractivity contribution in [3.8, 4) is 0 Å². The lowest BCUT2D eigenvalue weighted by molar-refractivity contribution is -0.0705. The number of carbonyl (C=O) groups is 1. The summed E-state index contributed by atoms with van der Waals surface area (Å²) in [5, 5.41) is 0. The molecule has 1 aliphatic carbocycles. The molecular weight excluding hydrogens is 245 g/mol. The van der Waals surface area contributed by atoms with E-state index in [0.717, 1.165) is 6.42 Å². The molecular formula is C13H13F3O2. The molecule has 5 heteroatoms. The molecule has 0 aliphatic heterocycles. The third-order valence-electron chi connectivity index (χ3n) is 3.47. The van der Waals surface area contributed by atoms with Crippen LogP contribution in [-0.4, -0.2) is 18.5 Å². The molecule has 2 rings (SSSR count). The van der Waals surface area contributed by atoms with Gasteiger partial charge in [0.05, 0.1) is 11.2 Å². The molecule has 1 saturated carbocycles. The van der Waals surface area contributed by atoms with Gasteiger partial charge in [0.25, 0.3) is 0 Å². The molecule has 2 nitrogen and oxygen atoms in total. The Hall–Kier alpha value is -1.36. The number of hydrogen-bond acceptors (Lipinski definition) is 2. The molecule has 1 aromatic carbocycles. The Morgan fingerprint density at radius 2 is 1.83 bits per heavy atom. The molecule has 0 amide bonds. The van der Waals surface area contributed by atoms with Crippen LogP contribution in [0.3, 0.4) is 0 Å². The maximum absolute atomic E-state index is 13.4. The van der Waals surface area contributed by atoms with Crippen LogP contribution in [0.4, 0.5) is 13.2 Å². The molecule has 1 aliphatic rings. The highest BCUT2D eigenvalue weighted by molar-refractivity contribution is 5.97. The Balaban J connectivity index is 2.24. The largest absolute Gasteiger partial charge is 0.378 e. The average molecular weight is 258 g/mol. The van der Waals surface area contributed by atoms with Crippen molar-refractivity contribution >= 4 is 5.78 Å². The number of hydrogen-bond donors (Lipinski definition) is 0. The SMILES string of the molecule is COC1(CC(=O)c2c(F)cc(F)cc2F)CCC1. The molecule has 0 spiro atoms. The zero-order valence-corrected chi connectivity index (χ0v) is 9.93. The molecule has 0 unspecified atom stereocenters. The van der Waals surface area contributed by atoms with Crippen LogP contribution in [0.2, 0.25) is 0 Å². The number of benzene rings is 1. The zero-order chi connectivity index (χ0) is 13.3. The summed E-state index contributed by atoms with van der Waals surface area (Å²) in [4.78, 5) is 11.9. The van der Waals surface area contributed by atoms with E-state index in [1.165, 1.54) is 7.11 Å². The minimum atomic E-state index is -1.16. The number of methoxy groups -OCH3 is 1. The standard InChI is InChI=1S/C13H13F3O2/c1-18-13(3-2-4-13)7-11(17)12-9(15)5-8(14)6-10(12)16/h5-6H,2-4,7H2,1H3. The lowest BCUT2D eigenvalue weighted by Gasteiger charge is -2.40. The van der Waals surface area contributed by atoms with E-state index in [4.69, 9.17) is 4.74 Å². The van der Waals surface area contributed by atoms with E-state index >= 15 is 0 Å². The van der Waals surface area contributed by atoms with Gasteiger partial charge < -0.3 is 4.74 Å². The highest BCUT2D eigenvalue weighted by Crippen LogP contribution is 2.39. The molecule has 0 atom stereocenters. The van der Waals surface area contributed by atoms with Crippen molar-refractivity contribution in [3.63, 3.8) is 0 Å². The Labute approximate surface area is 103 Å². The van der Waals surface area contributed by atoms with E-state index in [-0.39, 0.29) is 6.42 Å². The minimum absolute atomic E-state index is 0.0804. The molecule has 1 fully saturated rings. The maximum Gasteiger partial charge on any atom is 0.171 e. The molecule has 0 bridgehead atoms. The Kier molecular flexibility index (Phi) is 3.43. The Bertz CT molecular complexity index is 453. The summed E-state index contributed by atoms with van der Waals surface area (Å²) < 4.78 is 44.8. The van der Waals surface area contributed by atoms with Gasteiger partial charge in [-0.2, -0.15) is 0 Å². The number of rotatable bonds is 4. The highest BCUT2D eigenvalue weighted by atomic mass is 19.1. The third kappa shape index (κ3) is 2.27. The topological polar surface area (TPSA) is 26.3 Å². The molecule has 0 heterocycles.